The summed E-state index contributed by atoms with van der Waals surface area (Å²) >= 11 is 0. The van der Waals surface area contributed by atoms with E-state index in [9.17, 15) is 30.1 Å². The number of amides is 1. The first-order valence-electron chi connectivity index (χ1n) is 7.27. The van der Waals surface area contributed by atoms with Crippen LogP contribution in [0.25, 0.3) is 0 Å². The number of rotatable bonds is 6. The van der Waals surface area contributed by atoms with Gasteiger partial charge in [-0.3, -0.25) is 25.0 Å². The zero-order chi connectivity index (χ0) is 18.6. The molecule has 130 valence electrons. The SMILES string of the molecule is C[C@H](NC(=O)c1cc([N+](=O)[O-])cc([N+](=O)[O-])c1)[C@H](O)c1ccccc1. The smallest absolute Gasteiger partial charge is 0.277 e. The Morgan fingerprint density at radius 2 is 1.56 bits per heavy atom. The second-order valence-electron chi connectivity index (χ2n) is 5.37. The van der Waals surface area contributed by atoms with Crippen LogP contribution >= 0.6 is 0 Å². The van der Waals surface area contributed by atoms with Crippen molar-refractivity contribution in [3.8, 4) is 0 Å². The Hall–Kier alpha value is -3.33. The Balaban J connectivity index is 2.22. The van der Waals surface area contributed by atoms with Gasteiger partial charge < -0.3 is 10.4 Å². The zero-order valence-corrected chi connectivity index (χ0v) is 13.2. The monoisotopic (exact) mass is 345 g/mol. The minimum atomic E-state index is -1.00. The number of carbonyl (C=O) groups excluding carboxylic acids is 1. The van der Waals surface area contributed by atoms with Gasteiger partial charge in [0.05, 0.1) is 33.6 Å². The van der Waals surface area contributed by atoms with E-state index in [1.807, 2.05) is 0 Å². The van der Waals surface area contributed by atoms with E-state index in [1.54, 1.807) is 37.3 Å². The van der Waals surface area contributed by atoms with E-state index in [0.29, 0.717) is 5.56 Å². The third-order valence-corrected chi connectivity index (χ3v) is 3.56. The van der Waals surface area contributed by atoms with E-state index >= 15 is 0 Å². The molecule has 0 saturated carbocycles. The molecule has 0 aliphatic rings. The van der Waals surface area contributed by atoms with Gasteiger partial charge in [0.25, 0.3) is 17.3 Å². The van der Waals surface area contributed by atoms with E-state index in [4.69, 9.17) is 0 Å². The van der Waals surface area contributed by atoms with Crippen LogP contribution in [0.3, 0.4) is 0 Å². The maximum Gasteiger partial charge on any atom is 0.277 e. The van der Waals surface area contributed by atoms with Crippen LogP contribution in [0.5, 0.6) is 0 Å². The molecule has 0 unspecified atom stereocenters. The van der Waals surface area contributed by atoms with Crippen LogP contribution in [-0.2, 0) is 0 Å². The molecule has 9 heteroatoms. The summed E-state index contributed by atoms with van der Waals surface area (Å²) in [7, 11) is 0. The Morgan fingerprint density at radius 1 is 1.04 bits per heavy atom. The highest BCUT2D eigenvalue weighted by Crippen LogP contribution is 2.23. The first-order valence-corrected chi connectivity index (χ1v) is 7.27. The van der Waals surface area contributed by atoms with Crippen molar-refractivity contribution >= 4 is 17.3 Å². The lowest BCUT2D eigenvalue weighted by Crippen LogP contribution is -2.37. The number of nitro benzene ring substituents is 2. The molecule has 0 aliphatic carbocycles. The largest absolute Gasteiger partial charge is 0.386 e. The Morgan fingerprint density at radius 3 is 2.04 bits per heavy atom. The van der Waals surface area contributed by atoms with Crippen molar-refractivity contribution in [1.82, 2.24) is 5.32 Å². The van der Waals surface area contributed by atoms with Gasteiger partial charge in [-0.15, -0.1) is 0 Å². The van der Waals surface area contributed by atoms with Crippen LogP contribution in [0.4, 0.5) is 11.4 Å². The number of benzene rings is 2. The highest BCUT2D eigenvalue weighted by Gasteiger charge is 2.23. The van der Waals surface area contributed by atoms with Crippen molar-refractivity contribution in [2.45, 2.75) is 19.1 Å². The molecule has 0 fully saturated rings. The molecule has 2 aromatic rings. The summed E-state index contributed by atoms with van der Waals surface area (Å²) < 4.78 is 0. The van der Waals surface area contributed by atoms with E-state index in [2.05, 4.69) is 5.32 Å². The van der Waals surface area contributed by atoms with E-state index in [-0.39, 0.29) is 5.56 Å². The van der Waals surface area contributed by atoms with Crippen LogP contribution in [0, 0.1) is 20.2 Å². The molecule has 2 N–H and O–H groups in total. The summed E-state index contributed by atoms with van der Waals surface area (Å²) in [6.45, 7) is 1.56. The molecule has 2 atom stereocenters. The van der Waals surface area contributed by atoms with Gasteiger partial charge in [-0.05, 0) is 12.5 Å². The third-order valence-electron chi connectivity index (χ3n) is 3.56. The molecule has 0 heterocycles. The predicted molar refractivity (Wildman–Crippen MR) is 88.1 cm³/mol. The van der Waals surface area contributed by atoms with Crippen LogP contribution < -0.4 is 5.32 Å². The van der Waals surface area contributed by atoms with E-state index < -0.39 is 39.3 Å². The summed E-state index contributed by atoms with van der Waals surface area (Å²) in [5.74, 6) is -0.755. The summed E-state index contributed by atoms with van der Waals surface area (Å²) in [6.07, 6.45) is -1.00. The maximum absolute atomic E-state index is 12.3. The lowest BCUT2D eigenvalue weighted by Gasteiger charge is -2.20. The second kappa shape index (κ2) is 7.49. The van der Waals surface area contributed by atoms with Crippen molar-refractivity contribution < 1.29 is 19.7 Å². The molecule has 0 aliphatic heterocycles. The minimum absolute atomic E-state index is 0.229. The quantitative estimate of drug-likeness (QED) is 0.609. The highest BCUT2D eigenvalue weighted by atomic mass is 16.6. The minimum Gasteiger partial charge on any atom is -0.386 e. The van der Waals surface area contributed by atoms with Crippen molar-refractivity contribution in [2.75, 3.05) is 0 Å². The Labute approximate surface area is 142 Å². The fourth-order valence-electron chi connectivity index (χ4n) is 2.25. The van der Waals surface area contributed by atoms with Gasteiger partial charge in [-0.1, -0.05) is 30.3 Å². The van der Waals surface area contributed by atoms with Crippen molar-refractivity contribution in [3.05, 3.63) is 79.9 Å². The van der Waals surface area contributed by atoms with Crippen LogP contribution in [0.1, 0.15) is 28.9 Å². The normalized spacial score (nSPS) is 12.9. The van der Waals surface area contributed by atoms with Gasteiger partial charge in [0.15, 0.2) is 0 Å². The van der Waals surface area contributed by atoms with Gasteiger partial charge in [0, 0.05) is 12.1 Å². The fourth-order valence-corrected chi connectivity index (χ4v) is 2.25. The molecule has 0 saturated heterocycles. The summed E-state index contributed by atoms with van der Waals surface area (Å²) in [5, 5.41) is 34.5. The maximum atomic E-state index is 12.3. The first-order chi connectivity index (χ1) is 11.8. The molecule has 9 nitrogen and oxygen atoms in total. The zero-order valence-electron chi connectivity index (χ0n) is 13.2. The van der Waals surface area contributed by atoms with Crippen LogP contribution in [0.15, 0.2) is 48.5 Å². The number of nitrogens with zero attached hydrogens (tertiary/aromatic N) is 2. The Bertz CT molecular complexity index is 777. The summed E-state index contributed by atoms with van der Waals surface area (Å²) in [4.78, 5) is 32.4. The molecule has 0 aromatic heterocycles. The molecule has 0 spiro atoms. The number of carbonyl (C=O) groups is 1. The van der Waals surface area contributed by atoms with E-state index in [1.165, 1.54) is 0 Å². The molecular formula is C16H15N3O6. The predicted octanol–water partition coefficient (Wildman–Crippen LogP) is 2.35. The molecule has 25 heavy (non-hydrogen) atoms. The third kappa shape index (κ3) is 4.36. The van der Waals surface area contributed by atoms with Crippen LogP contribution in [-0.4, -0.2) is 26.9 Å². The molecule has 0 radical (unpaired) electrons. The van der Waals surface area contributed by atoms with Gasteiger partial charge in [0.1, 0.15) is 0 Å². The standard InChI is InChI=1S/C16H15N3O6/c1-10(15(20)11-5-3-2-4-6-11)17-16(21)12-7-13(18(22)23)9-14(8-12)19(24)25/h2-10,15,20H,1H3,(H,17,21)/t10-,15-/m0/s1. The topological polar surface area (TPSA) is 136 Å². The average Bonchev–Trinajstić information content (AvgIpc) is 2.61. The van der Waals surface area contributed by atoms with Gasteiger partial charge >= 0.3 is 0 Å². The first kappa shape index (κ1) is 18.0. The Kier molecular flexibility index (Phi) is 5.40. The van der Waals surface area contributed by atoms with Gasteiger partial charge in [0.2, 0.25) is 0 Å². The number of hydrogen-bond donors (Lipinski definition) is 2. The van der Waals surface area contributed by atoms with Crippen molar-refractivity contribution in [3.63, 3.8) is 0 Å². The molecule has 0 bridgehead atoms. The van der Waals surface area contributed by atoms with Gasteiger partial charge in [-0.2, -0.15) is 0 Å². The second-order valence-corrected chi connectivity index (χ2v) is 5.37. The number of nitrogens with one attached hydrogen (secondary N) is 1. The summed E-state index contributed by atoms with van der Waals surface area (Å²) in [6, 6.07) is 10.6. The lowest BCUT2D eigenvalue weighted by molar-refractivity contribution is -0.394. The molecule has 2 aromatic carbocycles. The number of aliphatic hydroxyl groups is 1. The molecule has 2 rings (SSSR count). The fraction of sp³-hybridized carbons (Fsp3) is 0.188. The number of nitro groups is 2. The molecular weight excluding hydrogens is 330 g/mol. The summed E-state index contributed by atoms with van der Waals surface area (Å²) in [5.41, 5.74) is -0.764. The van der Waals surface area contributed by atoms with Gasteiger partial charge in [-0.25, -0.2) is 0 Å². The lowest BCUT2D eigenvalue weighted by atomic mass is 10.0. The molecule has 1 amide bonds. The van der Waals surface area contributed by atoms with E-state index in [0.717, 1.165) is 18.2 Å². The number of non-ortho nitro benzene ring substituents is 2. The average molecular weight is 345 g/mol. The van der Waals surface area contributed by atoms with Crippen molar-refractivity contribution in [2.24, 2.45) is 0 Å². The number of aliphatic hydroxyl groups excluding tert-OH is 1. The highest BCUT2D eigenvalue weighted by molar-refractivity contribution is 5.95. The van der Waals surface area contributed by atoms with Crippen LogP contribution in [0.2, 0.25) is 0 Å². The van der Waals surface area contributed by atoms with Crippen molar-refractivity contribution in [1.29, 1.82) is 0 Å². The number of hydrogen-bond acceptors (Lipinski definition) is 6.